The zero-order chi connectivity index (χ0) is 13.1. The van der Waals surface area contributed by atoms with E-state index in [2.05, 4.69) is 20.6 Å². The molecule has 1 aromatic heterocycles. The average Bonchev–Trinajstić information content (AvgIpc) is 2.78. The number of rotatable bonds is 1. The molecule has 0 aliphatic carbocycles. The highest BCUT2D eigenvalue weighted by Gasteiger charge is 2.09. The molecule has 5 nitrogen and oxygen atoms in total. The Bertz CT molecular complexity index is 615. The van der Waals surface area contributed by atoms with E-state index < -0.39 is 0 Å². The molecule has 3 N–H and O–H groups in total. The fraction of sp³-hybridized carbons (Fsp3) is 0.167. The molecule has 0 bridgehead atoms. The molecule has 2 aromatic rings. The molecule has 1 heterocycles. The lowest BCUT2D eigenvalue weighted by atomic mass is 10.2. The van der Waals surface area contributed by atoms with E-state index in [1.165, 1.54) is 0 Å². The van der Waals surface area contributed by atoms with Crippen molar-refractivity contribution >= 4 is 46.8 Å². The minimum absolute atomic E-state index is 0. The van der Waals surface area contributed by atoms with Crippen LogP contribution in [0.25, 0.3) is 10.9 Å². The molecular weight excluding hydrogens is 287 g/mol. The van der Waals surface area contributed by atoms with Gasteiger partial charge in [-0.3, -0.25) is 4.79 Å². The zero-order valence-corrected chi connectivity index (χ0v) is 12.0. The Morgan fingerprint density at radius 2 is 1.95 bits per heavy atom. The number of hydrogen-bond acceptors (Lipinski definition) is 1. The van der Waals surface area contributed by atoms with Crippen LogP contribution in [0.1, 0.15) is 10.5 Å². The molecule has 0 fully saturated rings. The zero-order valence-electron chi connectivity index (χ0n) is 10.5. The average molecular weight is 301 g/mol. The number of amides is 1. The van der Waals surface area contributed by atoms with Gasteiger partial charge in [-0.25, -0.2) is 0 Å². The number of carbonyl (C=O) groups excluding carboxylic acids is 1. The van der Waals surface area contributed by atoms with Crippen LogP contribution in [-0.2, 0) is 0 Å². The molecule has 2 rings (SSSR count). The van der Waals surface area contributed by atoms with Crippen LogP contribution in [0.15, 0.2) is 29.3 Å². The molecule has 0 saturated carbocycles. The van der Waals surface area contributed by atoms with Crippen LogP contribution in [0, 0.1) is 0 Å². The van der Waals surface area contributed by atoms with Crippen LogP contribution in [0.3, 0.4) is 0 Å². The molecule has 1 amide bonds. The molecule has 0 radical (unpaired) electrons. The number of nitrogens with one attached hydrogen (secondary N) is 3. The lowest BCUT2D eigenvalue weighted by Crippen LogP contribution is -2.32. The van der Waals surface area contributed by atoms with Gasteiger partial charge in [-0.2, -0.15) is 4.99 Å². The van der Waals surface area contributed by atoms with Crippen molar-refractivity contribution in [3.8, 4) is 0 Å². The quantitative estimate of drug-likeness (QED) is 0.558. The first-order valence-electron chi connectivity index (χ1n) is 5.41. The van der Waals surface area contributed by atoms with Gasteiger partial charge < -0.3 is 15.6 Å². The highest BCUT2D eigenvalue weighted by atomic mass is 35.5. The number of H-pyrrole nitrogens is 1. The van der Waals surface area contributed by atoms with E-state index in [9.17, 15) is 4.79 Å². The number of nitrogens with zero attached hydrogens (tertiary/aromatic N) is 1. The fourth-order valence-electron chi connectivity index (χ4n) is 1.62. The lowest BCUT2D eigenvalue weighted by Gasteiger charge is -2.01. The Labute approximate surface area is 121 Å². The molecule has 0 aliphatic heterocycles. The number of aliphatic imine (C=N–C) groups is 1. The van der Waals surface area contributed by atoms with Crippen molar-refractivity contribution in [2.45, 2.75) is 0 Å². The molecule has 0 aliphatic rings. The Morgan fingerprint density at radius 1 is 1.26 bits per heavy atom. The van der Waals surface area contributed by atoms with Crippen LogP contribution in [0.5, 0.6) is 0 Å². The number of benzene rings is 1. The van der Waals surface area contributed by atoms with Gasteiger partial charge in [0.05, 0.1) is 0 Å². The Balaban J connectivity index is 0.00000180. The first kappa shape index (κ1) is 15.3. The van der Waals surface area contributed by atoms with Crippen molar-refractivity contribution < 1.29 is 4.79 Å². The molecule has 0 saturated heterocycles. The van der Waals surface area contributed by atoms with Crippen LogP contribution in [0.4, 0.5) is 0 Å². The number of halogens is 2. The summed E-state index contributed by atoms with van der Waals surface area (Å²) in [5.74, 6) is 0.0673. The van der Waals surface area contributed by atoms with Crippen molar-refractivity contribution in [1.82, 2.24) is 15.6 Å². The second-order valence-electron chi connectivity index (χ2n) is 3.68. The van der Waals surface area contributed by atoms with Gasteiger partial charge in [-0.15, -0.1) is 12.4 Å². The predicted molar refractivity (Wildman–Crippen MR) is 80.4 cm³/mol. The fourth-order valence-corrected chi connectivity index (χ4v) is 1.80. The molecule has 102 valence electrons. The molecule has 7 heteroatoms. The first-order chi connectivity index (χ1) is 8.63. The summed E-state index contributed by atoms with van der Waals surface area (Å²) in [7, 11) is 3.38. The molecule has 19 heavy (non-hydrogen) atoms. The smallest absolute Gasteiger partial charge is 0.296 e. The van der Waals surface area contributed by atoms with E-state index in [1.54, 1.807) is 32.3 Å². The number of guanidine groups is 1. The van der Waals surface area contributed by atoms with E-state index >= 15 is 0 Å². The van der Waals surface area contributed by atoms with E-state index in [1.807, 2.05) is 6.07 Å². The van der Waals surface area contributed by atoms with Gasteiger partial charge in [-0.05, 0) is 24.3 Å². The highest BCUT2D eigenvalue weighted by Crippen LogP contribution is 2.20. The summed E-state index contributed by atoms with van der Waals surface area (Å²) in [4.78, 5) is 18.8. The van der Waals surface area contributed by atoms with Gasteiger partial charge in [0.1, 0.15) is 5.69 Å². The summed E-state index contributed by atoms with van der Waals surface area (Å²) in [5, 5.41) is 7.08. The summed E-state index contributed by atoms with van der Waals surface area (Å²) in [6.07, 6.45) is 0. The second kappa shape index (κ2) is 6.45. The third kappa shape index (κ3) is 3.39. The van der Waals surface area contributed by atoms with Crippen molar-refractivity contribution in [1.29, 1.82) is 0 Å². The lowest BCUT2D eigenvalue weighted by molar-refractivity contribution is 0.0998. The molecule has 1 aromatic carbocycles. The standard InChI is InChI=1S/C12H13ClN4O.ClH/c1-14-12(15-2)17-11(18)10-6-7-5-8(13)3-4-9(7)16-10;/h3-6,16H,1-2H3,(H2,14,15,17,18);1H. The monoisotopic (exact) mass is 300 g/mol. The third-order valence-electron chi connectivity index (χ3n) is 2.50. The highest BCUT2D eigenvalue weighted by molar-refractivity contribution is 6.31. The number of aromatic nitrogens is 1. The summed E-state index contributed by atoms with van der Waals surface area (Å²) in [5.41, 5.74) is 1.28. The van der Waals surface area contributed by atoms with Gasteiger partial charge in [0, 0.05) is 30.0 Å². The summed E-state index contributed by atoms with van der Waals surface area (Å²) in [6.45, 7) is 0. The van der Waals surface area contributed by atoms with E-state index in [-0.39, 0.29) is 18.3 Å². The molecule has 0 unspecified atom stereocenters. The maximum atomic E-state index is 11.9. The van der Waals surface area contributed by atoms with Gasteiger partial charge in [0.25, 0.3) is 5.91 Å². The first-order valence-corrected chi connectivity index (χ1v) is 5.78. The SMILES string of the molecule is CNC(=NC(=O)c1cc2cc(Cl)ccc2[nH]1)NC.Cl. The van der Waals surface area contributed by atoms with Crippen LogP contribution < -0.4 is 10.6 Å². The van der Waals surface area contributed by atoms with Crippen molar-refractivity contribution in [3.05, 3.63) is 35.0 Å². The van der Waals surface area contributed by atoms with Gasteiger partial charge in [0.15, 0.2) is 5.96 Å². The van der Waals surface area contributed by atoms with E-state index in [4.69, 9.17) is 11.6 Å². The minimum Gasteiger partial charge on any atom is -0.359 e. The Kier molecular flexibility index (Phi) is 5.20. The van der Waals surface area contributed by atoms with Crippen molar-refractivity contribution in [3.63, 3.8) is 0 Å². The normalized spacial score (nSPS) is 9.63. The second-order valence-corrected chi connectivity index (χ2v) is 4.12. The topological polar surface area (TPSA) is 69.3 Å². The third-order valence-corrected chi connectivity index (χ3v) is 2.74. The number of fused-ring (bicyclic) bond motifs is 1. The van der Waals surface area contributed by atoms with Crippen LogP contribution in [-0.4, -0.2) is 30.9 Å². The number of hydrogen-bond donors (Lipinski definition) is 3. The minimum atomic E-state index is -0.346. The predicted octanol–water partition coefficient (Wildman–Crippen LogP) is 2.18. The largest absolute Gasteiger partial charge is 0.359 e. The Morgan fingerprint density at radius 3 is 2.58 bits per heavy atom. The maximum absolute atomic E-state index is 11.9. The molecular formula is C12H14Cl2N4O. The van der Waals surface area contributed by atoms with Crippen LogP contribution >= 0.6 is 24.0 Å². The van der Waals surface area contributed by atoms with Gasteiger partial charge in [-0.1, -0.05) is 11.6 Å². The van der Waals surface area contributed by atoms with Crippen LogP contribution in [0.2, 0.25) is 5.02 Å². The number of aromatic amines is 1. The summed E-state index contributed by atoms with van der Waals surface area (Å²) in [6, 6.07) is 7.13. The van der Waals surface area contributed by atoms with Crippen molar-refractivity contribution in [2.24, 2.45) is 4.99 Å². The summed E-state index contributed by atoms with van der Waals surface area (Å²) < 4.78 is 0. The molecule has 0 atom stereocenters. The van der Waals surface area contributed by atoms with Crippen molar-refractivity contribution in [2.75, 3.05) is 14.1 Å². The van der Waals surface area contributed by atoms with E-state index in [0.29, 0.717) is 16.7 Å². The van der Waals surface area contributed by atoms with E-state index in [0.717, 1.165) is 10.9 Å². The number of carbonyl (C=O) groups is 1. The summed E-state index contributed by atoms with van der Waals surface area (Å²) >= 11 is 5.89. The maximum Gasteiger partial charge on any atom is 0.296 e. The van der Waals surface area contributed by atoms with Gasteiger partial charge in [0.2, 0.25) is 0 Å². The molecule has 0 spiro atoms. The van der Waals surface area contributed by atoms with Gasteiger partial charge >= 0.3 is 0 Å². The Hall–Kier alpha value is -1.72.